The number of benzene rings is 2. The third kappa shape index (κ3) is 8.72. The number of halogens is 2. The van der Waals surface area contributed by atoms with E-state index in [2.05, 4.69) is 15.2 Å². The number of hydrogen-bond acceptors (Lipinski definition) is 10. The summed E-state index contributed by atoms with van der Waals surface area (Å²) in [5, 5.41) is 14.7. The number of ether oxygens (including phenoxy) is 4. The quantitative estimate of drug-likeness (QED) is 0.153. The lowest BCUT2D eigenvalue weighted by Crippen LogP contribution is -2.53. The second-order valence-electron chi connectivity index (χ2n) is 11.9. The van der Waals surface area contributed by atoms with Crippen LogP contribution in [0.5, 0.6) is 11.5 Å². The molecule has 13 heteroatoms. The molecule has 1 aliphatic rings. The van der Waals surface area contributed by atoms with Crippen LogP contribution in [0.25, 0.3) is 0 Å². The van der Waals surface area contributed by atoms with Crippen molar-refractivity contribution in [3.8, 4) is 11.5 Å². The molecule has 0 bridgehead atoms. The van der Waals surface area contributed by atoms with Crippen molar-refractivity contribution >= 4 is 46.5 Å². The van der Waals surface area contributed by atoms with Gasteiger partial charge in [0, 0.05) is 35.9 Å². The van der Waals surface area contributed by atoms with Crippen molar-refractivity contribution in [2.24, 2.45) is 5.92 Å². The zero-order valence-electron chi connectivity index (χ0n) is 27.5. The highest BCUT2D eigenvalue weighted by Crippen LogP contribution is 2.36. The molecule has 3 heterocycles. The van der Waals surface area contributed by atoms with Gasteiger partial charge in [-0.3, -0.25) is 5.32 Å². The lowest BCUT2D eigenvalue weighted by atomic mass is 9.90. The number of thiophene rings is 1. The van der Waals surface area contributed by atoms with E-state index in [4.69, 9.17) is 42.1 Å². The van der Waals surface area contributed by atoms with Crippen molar-refractivity contribution in [3.05, 3.63) is 110 Å². The molecular weight excluding hydrogens is 689 g/mol. The average molecular weight is 730 g/mol. The number of nitrogens with zero attached hydrogens (tertiary/aromatic N) is 1. The molecule has 0 aliphatic carbocycles. The Morgan fingerprint density at radius 3 is 2.45 bits per heavy atom. The minimum Gasteiger partial charge on any atom is -0.493 e. The summed E-state index contributed by atoms with van der Waals surface area (Å²) >= 11 is 14.2. The Kier molecular flexibility index (Phi) is 12.5. The van der Waals surface area contributed by atoms with Gasteiger partial charge in [0.25, 0.3) is 0 Å². The molecule has 1 fully saturated rings. The number of hydrogen-bond donors (Lipinski definition) is 2. The van der Waals surface area contributed by atoms with Gasteiger partial charge in [-0.2, -0.15) is 0 Å². The van der Waals surface area contributed by atoms with Gasteiger partial charge in [-0.15, -0.1) is 11.3 Å². The molecule has 260 valence electrons. The van der Waals surface area contributed by atoms with E-state index >= 15 is 0 Å². The Labute approximate surface area is 299 Å². The van der Waals surface area contributed by atoms with Gasteiger partial charge in [-0.25, -0.2) is 14.6 Å². The molecule has 1 unspecified atom stereocenters. The van der Waals surface area contributed by atoms with E-state index in [1.165, 1.54) is 18.4 Å². The highest BCUT2D eigenvalue weighted by molar-refractivity contribution is 7.13. The summed E-state index contributed by atoms with van der Waals surface area (Å²) < 4.78 is 22.8. The number of likely N-dealkylation sites (tertiary alicyclic amines) is 1. The Bertz CT molecular complexity index is 1720. The molecule has 0 amide bonds. The number of esters is 2. The number of rotatable bonds is 15. The molecule has 3 atom stereocenters. The molecular formula is C36H40Cl2N3O7S+. The van der Waals surface area contributed by atoms with Crippen LogP contribution in [-0.4, -0.2) is 69.5 Å². The first-order valence-corrected chi connectivity index (χ1v) is 17.4. The van der Waals surface area contributed by atoms with E-state index in [9.17, 15) is 14.7 Å². The highest BCUT2D eigenvalue weighted by atomic mass is 35.5. The minimum atomic E-state index is -1.50. The molecule has 0 spiro atoms. The van der Waals surface area contributed by atoms with Crippen LogP contribution < -0.4 is 19.8 Å². The van der Waals surface area contributed by atoms with E-state index in [-0.39, 0.29) is 25.5 Å². The topological polar surface area (TPSA) is 121 Å². The number of aliphatic hydroxyl groups is 1. The van der Waals surface area contributed by atoms with Crippen LogP contribution in [0.3, 0.4) is 0 Å². The average Bonchev–Trinajstić information content (AvgIpc) is 3.78. The maximum atomic E-state index is 13.6. The Hall–Kier alpha value is -3.71. The molecule has 5 rings (SSSR count). The predicted octanol–water partition coefficient (Wildman–Crippen LogP) is 5.50. The molecule has 10 nitrogen and oxygen atoms in total. The summed E-state index contributed by atoms with van der Waals surface area (Å²) in [6.45, 7) is 1.74. The normalized spacial score (nSPS) is 16.5. The van der Waals surface area contributed by atoms with Crippen LogP contribution in [0, 0.1) is 5.92 Å². The third-order valence-corrected chi connectivity index (χ3v) is 10.4. The van der Waals surface area contributed by atoms with Crippen LogP contribution in [-0.2, 0) is 32.8 Å². The van der Waals surface area contributed by atoms with Crippen LogP contribution in [0.15, 0.2) is 73.1 Å². The Morgan fingerprint density at radius 2 is 1.80 bits per heavy atom. The van der Waals surface area contributed by atoms with Gasteiger partial charge in [0.1, 0.15) is 21.0 Å². The number of H-pyrrole nitrogens is 1. The smallest absolute Gasteiger partial charge is 0.348 e. The van der Waals surface area contributed by atoms with E-state index in [0.29, 0.717) is 43.1 Å². The number of aromatic nitrogens is 1. The van der Waals surface area contributed by atoms with Crippen molar-refractivity contribution < 1.29 is 38.6 Å². The molecule has 2 aromatic carbocycles. The molecule has 0 saturated carbocycles. The number of aromatic amines is 1. The summed E-state index contributed by atoms with van der Waals surface area (Å²) in [6.07, 6.45) is 3.59. The van der Waals surface area contributed by atoms with Crippen LogP contribution in [0.1, 0.15) is 43.8 Å². The maximum Gasteiger partial charge on any atom is 0.348 e. The largest absolute Gasteiger partial charge is 0.493 e. The van der Waals surface area contributed by atoms with Crippen molar-refractivity contribution in [2.75, 3.05) is 47.6 Å². The summed E-state index contributed by atoms with van der Waals surface area (Å²) in [7, 11) is 5.11. The third-order valence-electron chi connectivity index (χ3n) is 8.63. The molecule has 1 saturated heterocycles. The second-order valence-corrected chi connectivity index (χ2v) is 13.9. The van der Waals surface area contributed by atoms with Gasteiger partial charge in [-0.05, 0) is 55.4 Å². The predicted molar refractivity (Wildman–Crippen MR) is 187 cm³/mol. The van der Waals surface area contributed by atoms with E-state index in [1.54, 1.807) is 62.0 Å². The van der Waals surface area contributed by atoms with E-state index in [0.717, 1.165) is 24.4 Å². The second kappa shape index (κ2) is 16.8. The molecule has 2 aromatic heterocycles. The summed E-state index contributed by atoms with van der Waals surface area (Å²) in [5.74, 6) is 0.136. The van der Waals surface area contributed by atoms with Crippen molar-refractivity contribution in [1.82, 2.24) is 10.2 Å². The zero-order valence-corrected chi connectivity index (χ0v) is 29.9. The number of carbonyl (C=O) groups is 2. The van der Waals surface area contributed by atoms with Crippen LogP contribution in [0.2, 0.25) is 10.0 Å². The van der Waals surface area contributed by atoms with Crippen LogP contribution in [0.4, 0.5) is 0 Å². The van der Waals surface area contributed by atoms with Crippen molar-refractivity contribution in [1.29, 1.82) is 0 Å². The number of carbonyl (C=O) groups excluding carboxylic acids is 2. The highest BCUT2D eigenvalue weighted by Gasteiger charge is 2.42. The summed E-state index contributed by atoms with van der Waals surface area (Å²) in [6, 6.07) is 17.8. The Morgan fingerprint density at radius 1 is 1.06 bits per heavy atom. The molecule has 1 aliphatic heterocycles. The van der Waals surface area contributed by atoms with E-state index in [1.807, 2.05) is 25.2 Å². The summed E-state index contributed by atoms with van der Waals surface area (Å²) in [4.78, 5) is 33.5. The molecule has 4 aromatic rings. The fraction of sp³-hybridized carbons (Fsp3) is 0.361. The standard InChI is InChI=1S/C36H39Cl2N3O7S/c1-41-14-13-23(20-41)21-47-35(44)36(22-42,25-7-5-4-6-8-25)40-17-26-10-12-33(49-26)34(43)48-31(16-27-28(37)18-39-19-29(27)38)24-9-11-30(45-2)32(15-24)46-3/h4-12,15,18-19,23,31,40,42H,13-14,16-17,20-22H2,1-3H3/p+1/t23-,31-,36?/m0/s1. The van der Waals surface area contributed by atoms with Gasteiger partial charge in [0.05, 0.1) is 27.4 Å². The monoisotopic (exact) mass is 728 g/mol. The number of methoxy groups -OCH3 is 2. The van der Waals surface area contributed by atoms with Gasteiger partial charge in [-0.1, -0.05) is 59.6 Å². The number of aliphatic hydroxyl groups excluding tert-OH is 1. The SMILES string of the molecule is COc1ccc([C@H](Cc2c(Cl)c[nH+]cc2Cl)OC(=O)c2ccc(CNC(CO)(C(=O)OC[C@H]3CCN(C)C3)c3ccccc3)s2)cc1OC. The van der Waals surface area contributed by atoms with Gasteiger partial charge in [0.2, 0.25) is 0 Å². The molecule has 49 heavy (non-hydrogen) atoms. The zero-order chi connectivity index (χ0) is 35.0. The number of pyridine rings is 1. The van der Waals surface area contributed by atoms with Gasteiger partial charge >= 0.3 is 11.9 Å². The fourth-order valence-corrected chi connectivity index (χ4v) is 7.21. The molecule has 3 N–H and O–H groups in total. The first kappa shape index (κ1) is 36.6. The Balaban J connectivity index is 1.34. The van der Waals surface area contributed by atoms with Crippen molar-refractivity contribution in [2.45, 2.75) is 31.0 Å². The minimum absolute atomic E-state index is 0.180. The lowest BCUT2D eigenvalue weighted by Gasteiger charge is -2.31. The first-order valence-electron chi connectivity index (χ1n) is 15.8. The summed E-state index contributed by atoms with van der Waals surface area (Å²) in [5.41, 5.74) is 0.345. The first-order chi connectivity index (χ1) is 23.7. The van der Waals surface area contributed by atoms with E-state index < -0.39 is 30.2 Å². The maximum absolute atomic E-state index is 13.6. The van der Waals surface area contributed by atoms with Gasteiger partial charge in [0.15, 0.2) is 29.4 Å². The fourth-order valence-electron chi connectivity index (χ4n) is 5.85. The molecule has 0 radical (unpaired) electrons. The van der Waals surface area contributed by atoms with Gasteiger partial charge < -0.3 is 29.0 Å². The number of nitrogens with one attached hydrogen (secondary N) is 2. The van der Waals surface area contributed by atoms with Crippen LogP contribution >= 0.6 is 34.5 Å². The van der Waals surface area contributed by atoms with Crippen molar-refractivity contribution in [3.63, 3.8) is 0 Å². The lowest BCUT2D eigenvalue weighted by molar-refractivity contribution is -0.377.